The molecule has 1 saturated heterocycles. The van der Waals surface area contributed by atoms with Crippen molar-refractivity contribution in [2.24, 2.45) is 4.99 Å². The molecule has 1 fully saturated rings. The SMILES string of the molecule is CCN1C(=O)/C(=C\c2ccc(N(CC)CC)cc2OC)SC1=Nc1ccc(C(=O)O)cc1. The predicted octanol–water partition coefficient (Wildman–Crippen LogP) is 4.86. The number of amidine groups is 1. The predicted molar refractivity (Wildman–Crippen MR) is 130 cm³/mol. The number of anilines is 1. The van der Waals surface area contributed by atoms with Crippen molar-refractivity contribution in [3.63, 3.8) is 0 Å². The molecule has 3 rings (SSSR count). The number of thioether (sulfide) groups is 1. The van der Waals surface area contributed by atoms with Crippen LogP contribution < -0.4 is 9.64 Å². The van der Waals surface area contributed by atoms with Gasteiger partial charge >= 0.3 is 5.97 Å². The van der Waals surface area contributed by atoms with Crippen LogP contribution in [0.4, 0.5) is 11.4 Å². The van der Waals surface area contributed by atoms with Crippen molar-refractivity contribution in [1.82, 2.24) is 4.90 Å². The molecule has 0 spiro atoms. The second-order valence-corrected chi connectivity index (χ2v) is 8.01. The smallest absolute Gasteiger partial charge is 0.335 e. The molecular formula is C24H27N3O4S. The Bertz CT molecular complexity index is 1060. The maximum atomic E-state index is 13.0. The lowest BCUT2D eigenvalue weighted by atomic mass is 10.1. The number of amides is 1. The van der Waals surface area contributed by atoms with Gasteiger partial charge in [-0.3, -0.25) is 9.69 Å². The van der Waals surface area contributed by atoms with Gasteiger partial charge in [0.25, 0.3) is 5.91 Å². The summed E-state index contributed by atoms with van der Waals surface area (Å²) in [5.41, 5.74) is 2.67. The summed E-state index contributed by atoms with van der Waals surface area (Å²) in [6.45, 7) is 8.38. The van der Waals surface area contributed by atoms with Gasteiger partial charge in [0.05, 0.1) is 23.3 Å². The molecule has 1 heterocycles. The van der Waals surface area contributed by atoms with Crippen LogP contribution in [0.3, 0.4) is 0 Å². The Morgan fingerprint density at radius 2 is 1.84 bits per heavy atom. The third-order valence-electron chi connectivity index (χ3n) is 5.18. The van der Waals surface area contributed by atoms with Crippen molar-refractivity contribution in [2.45, 2.75) is 20.8 Å². The zero-order valence-corrected chi connectivity index (χ0v) is 19.5. The summed E-state index contributed by atoms with van der Waals surface area (Å²) in [6.07, 6.45) is 1.83. The molecule has 1 N–H and O–H groups in total. The van der Waals surface area contributed by atoms with Crippen LogP contribution in [0, 0.1) is 0 Å². The Morgan fingerprint density at radius 1 is 1.16 bits per heavy atom. The van der Waals surface area contributed by atoms with Gasteiger partial charge in [-0.2, -0.15) is 0 Å². The molecule has 0 bridgehead atoms. The van der Waals surface area contributed by atoms with Gasteiger partial charge in [0.1, 0.15) is 5.75 Å². The van der Waals surface area contributed by atoms with E-state index in [1.165, 1.54) is 23.9 Å². The second kappa shape index (κ2) is 10.4. The molecule has 2 aromatic rings. The van der Waals surface area contributed by atoms with E-state index in [0.29, 0.717) is 28.1 Å². The van der Waals surface area contributed by atoms with E-state index in [-0.39, 0.29) is 11.5 Å². The topological polar surface area (TPSA) is 82.4 Å². The molecular weight excluding hydrogens is 426 g/mol. The average Bonchev–Trinajstić information content (AvgIpc) is 3.09. The van der Waals surface area contributed by atoms with Crippen molar-refractivity contribution >= 4 is 46.3 Å². The Hall–Kier alpha value is -3.26. The highest BCUT2D eigenvalue weighted by atomic mass is 32.2. The molecule has 0 atom stereocenters. The molecule has 1 aliphatic rings. The zero-order chi connectivity index (χ0) is 23.3. The number of aliphatic imine (C=N–C) groups is 1. The molecule has 0 saturated carbocycles. The number of nitrogens with zero attached hydrogens (tertiary/aromatic N) is 3. The number of rotatable bonds is 8. The molecule has 32 heavy (non-hydrogen) atoms. The van der Waals surface area contributed by atoms with Crippen molar-refractivity contribution < 1.29 is 19.4 Å². The zero-order valence-electron chi connectivity index (χ0n) is 18.7. The van der Waals surface area contributed by atoms with E-state index >= 15 is 0 Å². The first kappa shape index (κ1) is 23.4. The van der Waals surface area contributed by atoms with Crippen LogP contribution in [0.1, 0.15) is 36.7 Å². The van der Waals surface area contributed by atoms with E-state index in [4.69, 9.17) is 9.84 Å². The van der Waals surface area contributed by atoms with Gasteiger partial charge < -0.3 is 14.7 Å². The standard InChI is InChI=1S/C24H27N3O4S/c1-5-26(6-2)19-13-10-17(20(15-19)31-4)14-21-22(28)27(7-3)24(32-21)25-18-11-8-16(9-12-18)23(29)30/h8-15H,5-7H2,1-4H3,(H,29,30)/b21-14+,25-24?. The molecule has 0 radical (unpaired) electrons. The van der Waals surface area contributed by atoms with E-state index in [9.17, 15) is 9.59 Å². The van der Waals surface area contributed by atoms with Crippen LogP contribution in [0.15, 0.2) is 52.4 Å². The number of likely N-dealkylation sites (N-methyl/N-ethyl adjacent to an activating group) is 1. The maximum absolute atomic E-state index is 13.0. The van der Waals surface area contributed by atoms with Crippen LogP contribution >= 0.6 is 11.8 Å². The van der Waals surface area contributed by atoms with Gasteiger partial charge in [0, 0.05) is 37.0 Å². The highest BCUT2D eigenvalue weighted by Crippen LogP contribution is 2.36. The number of benzene rings is 2. The molecule has 0 unspecified atom stereocenters. The Kier molecular flexibility index (Phi) is 7.58. The normalized spacial score (nSPS) is 16.1. The third-order valence-corrected chi connectivity index (χ3v) is 6.18. The Morgan fingerprint density at radius 3 is 2.41 bits per heavy atom. The first-order valence-corrected chi connectivity index (χ1v) is 11.3. The maximum Gasteiger partial charge on any atom is 0.335 e. The van der Waals surface area contributed by atoms with Crippen LogP contribution in [0.5, 0.6) is 5.75 Å². The van der Waals surface area contributed by atoms with E-state index in [2.05, 4.69) is 23.7 Å². The number of carbonyl (C=O) groups excluding carboxylic acids is 1. The number of aromatic carboxylic acids is 1. The summed E-state index contributed by atoms with van der Waals surface area (Å²) in [4.78, 5) is 33.0. The van der Waals surface area contributed by atoms with Gasteiger partial charge in [-0.05, 0) is 75.0 Å². The third kappa shape index (κ3) is 4.96. The number of hydrogen-bond acceptors (Lipinski definition) is 6. The van der Waals surface area contributed by atoms with Crippen molar-refractivity contribution in [1.29, 1.82) is 0 Å². The van der Waals surface area contributed by atoms with Crippen molar-refractivity contribution in [3.8, 4) is 5.75 Å². The van der Waals surface area contributed by atoms with E-state index in [1.807, 2.05) is 31.2 Å². The minimum atomic E-state index is -0.990. The second-order valence-electron chi connectivity index (χ2n) is 7.01. The first-order valence-electron chi connectivity index (χ1n) is 10.5. The van der Waals surface area contributed by atoms with Gasteiger partial charge in [0.2, 0.25) is 0 Å². The quantitative estimate of drug-likeness (QED) is 0.575. The van der Waals surface area contributed by atoms with E-state index < -0.39 is 5.97 Å². The van der Waals surface area contributed by atoms with Crippen LogP contribution in [0.25, 0.3) is 6.08 Å². The molecule has 0 aliphatic carbocycles. The number of hydrogen-bond donors (Lipinski definition) is 1. The van der Waals surface area contributed by atoms with Gasteiger partial charge in [0.15, 0.2) is 5.17 Å². The van der Waals surface area contributed by atoms with Crippen molar-refractivity contribution in [3.05, 3.63) is 58.5 Å². The lowest BCUT2D eigenvalue weighted by molar-refractivity contribution is -0.122. The van der Waals surface area contributed by atoms with Gasteiger partial charge in [-0.1, -0.05) is 0 Å². The molecule has 1 amide bonds. The minimum Gasteiger partial charge on any atom is -0.496 e. The van der Waals surface area contributed by atoms with Crippen LogP contribution in [-0.2, 0) is 4.79 Å². The molecule has 1 aliphatic heterocycles. The average molecular weight is 454 g/mol. The molecule has 0 aromatic heterocycles. The fraction of sp³-hybridized carbons (Fsp3) is 0.292. The molecule has 168 valence electrons. The highest BCUT2D eigenvalue weighted by Gasteiger charge is 2.32. The minimum absolute atomic E-state index is 0.117. The summed E-state index contributed by atoms with van der Waals surface area (Å²) in [6, 6.07) is 12.2. The Labute approximate surface area is 192 Å². The lowest BCUT2D eigenvalue weighted by Gasteiger charge is -2.22. The number of ether oxygens (including phenoxy) is 1. The molecule has 2 aromatic carbocycles. The molecule has 7 nitrogen and oxygen atoms in total. The number of carboxylic acid groups (broad SMARTS) is 1. The number of carboxylic acids is 1. The summed E-state index contributed by atoms with van der Waals surface area (Å²) >= 11 is 1.30. The Balaban J connectivity index is 1.92. The largest absolute Gasteiger partial charge is 0.496 e. The molecule has 8 heteroatoms. The van der Waals surface area contributed by atoms with E-state index in [1.54, 1.807) is 24.1 Å². The first-order chi connectivity index (χ1) is 15.4. The summed E-state index contributed by atoms with van der Waals surface area (Å²) in [5.74, 6) is -0.405. The van der Waals surface area contributed by atoms with Gasteiger partial charge in [-0.25, -0.2) is 9.79 Å². The summed E-state index contributed by atoms with van der Waals surface area (Å²) < 4.78 is 5.59. The van der Waals surface area contributed by atoms with Crippen LogP contribution in [0.2, 0.25) is 0 Å². The van der Waals surface area contributed by atoms with Crippen molar-refractivity contribution in [2.75, 3.05) is 31.6 Å². The summed E-state index contributed by atoms with van der Waals surface area (Å²) in [7, 11) is 1.62. The monoisotopic (exact) mass is 453 g/mol. The van der Waals surface area contributed by atoms with Gasteiger partial charge in [-0.15, -0.1) is 0 Å². The summed E-state index contributed by atoms with van der Waals surface area (Å²) in [5, 5.41) is 9.62. The lowest BCUT2D eigenvalue weighted by Crippen LogP contribution is -2.28. The number of methoxy groups -OCH3 is 1. The van der Waals surface area contributed by atoms with Crippen LogP contribution in [-0.4, -0.2) is 53.8 Å². The fourth-order valence-electron chi connectivity index (χ4n) is 3.40. The fourth-order valence-corrected chi connectivity index (χ4v) is 4.46. The number of carbonyl (C=O) groups is 2. The highest BCUT2D eigenvalue weighted by molar-refractivity contribution is 8.18. The van der Waals surface area contributed by atoms with E-state index in [0.717, 1.165) is 24.3 Å².